The average molecular weight is 486 g/mol. The molecule has 2 aliphatic rings. The van der Waals surface area contributed by atoms with Crippen LogP contribution in [0.1, 0.15) is 16.9 Å². The smallest absolute Gasteiger partial charge is 0.416 e. The second-order valence-electron chi connectivity index (χ2n) is 8.83. The largest absolute Gasteiger partial charge is 0.495 e. The fraction of sp³-hybridized carbons (Fsp3) is 0.346. The van der Waals surface area contributed by atoms with Crippen LogP contribution in [0.2, 0.25) is 0 Å². The molecular weight excluding hydrogens is 459 g/mol. The molecule has 5 rings (SSSR count). The molecule has 1 saturated heterocycles. The van der Waals surface area contributed by atoms with Gasteiger partial charge in [-0.3, -0.25) is 4.79 Å². The van der Waals surface area contributed by atoms with E-state index in [0.717, 1.165) is 23.2 Å². The number of ether oxygens (including phenoxy) is 1. The molecule has 0 bridgehead atoms. The van der Waals surface area contributed by atoms with Crippen LogP contribution in [0.4, 0.5) is 24.5 Å². The summed E-state index contributed by atoms with van der Waals surface area (Å²) in [5.41, 5.74) is 1.54. The van der Waals surface area contributed by atoms with Crippen molar-refractivity contribution in [3.05, 3.63) is 77.7 Å². The van der Waals surface area contributed by atoms with Crippen LogP contribution in [0.5, 0.6) is 5.75 Å². The first kappa shape index (κ1) is 23.1. The predicted molar refractivity (Wildman–Crippen MR) is 126 cm³/mol. The van der Waals surface area contributed by atoms with Gasteiger partial charge in [-0.25, -0.2) is 0 Å². The van der Waals surface area contributed by atoms with Gasteiger partial charge in [0.2, 0.25) is 5.91 Å². The van der Waals surface area contributed by atoms with E-state index < -0.39 is 17.7 Å². The maximum atomic E-state index is 13.4. The number of halogens is 3. The third kappa shape index (κ3) is 4.54. The molecular formula is C26H26F3N3O3. The van der Waals surface area contributed by atoms with Crippen LogP contribution in [0.15, 0.2) is 65.3 Å². The molecule has 184 valence electrons. The van der Waals surface area contributed by atoms with Crippen LogP contribution in [0, 0.1) is 5.92 Å². The molecule has 35 heavy (non-hydrogen) atoms. The number of benzene rings is 2. The lowest BCUT2D eigenvalue weighted by molar-refractivity contribution is -0.137. The molecule has 0 unspecified atom stereocenters. The Kier molecular flexibility index (Phi) is 6.08. The van der Waals surface area contributed by atoms with Gasteiger partial charge in [-0.1, -0.05) is 12.1 Å². The summed E-state index contributed by atoms with van der Waals surface area (Å²) in [6, 6.07) is 14.9. The number of amides is 1. The topological polar surface area (TPSA) is 58.0 Å². The first-order valence-electron chi connectivity index (χ1n) is 11.5. The number of fused-ring (bicyclic) bond motifs is 3. The highest BCUT2D eigenvalue weighted by Crippen LogP contribution is 2.41. The fourth-order valence-electron chi connectivity index (χ4n) is 5.13. The van der Waals surface area contributed by atoms with E-state index in [0.29, 0.717) is 31.0 Å². The van der Waals surface area contributed by atoms with Gasteiger partial charge < -0.3 is 24.3 Å². The van der Waals surface area contributed by atoms with Gasteiger partial charge in [-0.05, 0) is 54.4 Å². The second-order valence-corrected chi connectivity index (χ2v) is 8.83. The van der Waals surface area contributed by atoms with Gasteiger partial charge in [0.05, 0.1) is 43.1 Å². The lowest BCUT2D eigenvalue weighted by atomic mass is 9.82. The number of furan rings is 1. The minimum atomic E-state index is -4.44. The highest BCUT2D eigenvalue weighted by atomic mass is 19.4. The minimum Gasteiger partial charge on any atom is -0.495 e. The minimum absolute atomic E-state index is 0.207. The number of methoxy groups -OCH3 is 1. The van der Waals surface area contributed by atoms with E-state index in [1.165, 1.54) is 12.3 Å². The van der Waals surface area contributed by atoms with E-state index in [9.17, 15) is 18.0 Å². The fourth-order valence-corrected chi connectivity index (χ4v) is 5.13. The first-order valence-corrected chi connectivity index (χ1v) is 11.5. The van der Waals surface area contributed by atoms with Gasteiger partial charge in [0.25, 0.3) is 0 Å². The van der Waals surface area contributed by atoms with Crippen molar-refractivity contribution in [2.24, 2.45) is 5.92 Å². The molecule has 0 radical (unpaired) electrons. The van der Waals surface area contributed by atoms with E-state index >= 15 is 0 Å². The van der Waals surface area contributed by atoms with Crippen molar-refractivity contribution < 1.29 is 27.1 Å². The van der Waals surface area contributed by atoms with Crippen LogP contribution in [-0.4, -0.2) is 38.7 Å². The maximum absolute atomic E-state index is 13.4. The number of nitrogens with one attached hydrogen (secondary N) is 1. The van der Waals surface area contributed by atoms with Crippen molar-refractivity contribution in [2.75, 3.05) is 36.5 Å². The van der Waals surface area contributed by atoms with Crippen LogP contribution in [-0.2, 0) is 23.9 Å². The summed E-state index contributed by atoms with van der Waals surface area (Å²) in [5.74, 6) is 0.621. The van der Waals surface area contributed by atoms with Crippen LogP contribution in [0.3, 0.4) is 0 Å². The summed E-state index contributed by atoms with van der Waals surface area (Å²) in [7, 11) is 1.62. The third-order valence-corrected chi connectivity index (χ3v) is 6.82. The molecule has 0 aliphatic carbocycles. The summed E-state index contributed by atoms with van der Waals surface area (Å²) < 4.78 is 51.1. The Morgan fingerprint density at radius 3 is 2.69 bits per heavy atom. The van der Waals surface area contributed by atoms with Crippen molar-refractivity contribution in [1.29, 1.82) is 0 Å². The number of para-hydroxylation sites is 2. The molecule has 0 saturated carbocycles. The summed E-state index contributed by atoms with van der Waals surface area (Å²) in [4.78, 5) is 17.6. The van der Waals surface area contributed by atoms with Crippen LogP contribution >= 0.6 is 0 Å². The molecule has 1 N–H and O–H groups in total. The number of hydrogen-bond donors (Lipinski definition) is 1. The van der Waals surface area contributed by atoms with Crippen molar-refractivity contribution in [3.8, 4) is 5.75 Å². The Balaban J connectivity index is 1.46. The zero-order valence-corrected chi connectivity index (χ0v) is 19.2. The number of nitrogens with zero attached hydrogens (tertiary/aromatic N) is 2. The standard InChI is InChI=1S/C26H26F3N3O3/c1-34-24-7-3-2-6-22(24)31-10-11-32-21-9-8-18(26(27,28)29)13-17(21)14-20(23(32)16-31)25(33)30-15-19-5-4-12-35-19/h2-9,12-13,20,23H,10-11,14-16H2,1H3,(H,30,33)/t20-,23-/m0/s1. The lowest BCUT2D eigenvalue weighted by Gasteiger charge is -2.49. The molecule has 0 spiro atoms. The molecule has 2 aliphatic heterocycles. The quantitative estimate of drug-likeness (QED) is 0.577. The SMILES string of the molecule is COc1ccccc1N1CCN2c3ccc(C(F)(F)F)cc3C[C@H](C(=O)NCc3ccco3)[C@@H]2C1. The van der Waals surface area contributed by atoms with Gasteiger partial charge >= 0.3 is 6.18 Å². The monoisotopic (exact) mass is 485 g/mol. The van der Waals surface area contributed by atoms with Crippen molar-refractivity contribution >= 4 is 17.3 Å². The van der Waals surface area contributed by atoms with Gasteiger partial charge in [0.1, 0.15) is 11.5 Å². The number of carbonyl (C=O) groups excluding carboxylic acids is 1. The molecule has 3 aromatic rings. The number of carbonyl (C=O) groups is 1. The highest BCUT2D eigenvalue weighted by molar-refractivity contribution is 5.82. The van der Waals surface area contributed by atoms with Crippen molar-refractivity contribution in [3.63, 3.8) is 0 Å². The zero-order chi connectivity index (χ0) is 24.6. The average Bonchev–Trinajstić information content (AvgIpc) is 3.39. The molecule has 1 amide bonds. The Labute approximate surface area is 201 Å². The van der Waals surface area contributed by atoms with Gasteiger partial charge in [-0.2, -0.15) is 13.2 Å². The molecule has 1 fully saturated rings. The van der Waals surface area contributed by atoms with Gasteiger partial charge in [0.15, 0.2) is 0 Å². The number of anilines is 2. The normalized spacial score (nSPS) is 19.7. The lowest BCUT2D eigenvalue weighted by Crippen LogP contribution is -2.61. The summed E-state index contributed by atoms with van der Waals surface area (Å²) in [5, 5.41) is 2.92. The number of hydrogen-bond acceptors (Lipinski definition) is 5. The summed E-state index contributed by atoms with van der Waals surface area (Å²) in [6.45, 7) is 1.99. The summed E-state index contributed by atoms with van der Waals surface area (Å²) >= 11 is 0. The molecule has 3 heterocycles. The summed E-state index contributed by atoms with van der Waals surface area (Å²) in [6.07, 6.45) is -2.68. The van der Waals surface area contributed by atoms with E-state index in [1.54, 1.807) is 25.3 Å². The Morgan fingerprint density at radius 2 is 1.94 bits per heavy atom. The Bertz CT molecular complexity index is 1200. The predicted octanol–water partition coefficient (Wildman–Crippen LogP) is 4.49. The molecule has 6 nitrogen and oxygen atoms in total. The highest BCUT2D eigenvalue weighted by Gasteiger charge is 2.43. The van der Waals surface area contributed by atoms with Gasteiger partial charge in [0, 0.05) is 25.3 Å². The number of alkyl halides is 3. The first-order chi connectivity index (χ1) is 16.8. The van der Waals surface area contributed by atoms with E-state index in [1.807, 2.05) is 24.3 Å². The van der Waals surface area contributed by atoms with E-state index in [2.05, 4.69) is 15.1 Å². The maximum Gasteiger partial charge on any atom is 0.416 e. The molecule has 2 aromatic carbocycles. The molecule has 2 atom stereocenters. The Morgan fingerprint density at radius 1 is 1.11 bits per heavy atom. The second kappa shape index (κ2) is 9.20. The van der Waals surface area contributed by atoms with Crippen molar-refractivity contribution in [2.45, 2.75) is 25.2 Å². The van der Waals surface area contributed by atoms with Crippen LogP contribution in [0.25, 0.3) is 0 Å². The molecule has 1 aromatic heterocycles. The van der Waals surface area contributed by atoms with Crippen LogP contribution < -0.4 is 19.9 Å². The van der Waals surface area contributed by atoms with E-state index in [-0.39, 0.29) is 24.9 Å². The zero-order valence-electron chi connectivity index (χ0n) is 19.2. The number of piperazine rings is 1. The van der Waals surface area contributed by atoms with Gasteiger partial charge in [-0.15, -0.1) is 0 Å². The van der Waals surface area contributed by atoms with E-state index in [4.69, 9.17) is 9.15 Å². The molecule has 9 heteroatoms. The number of rotatable bonds is 5. The Hall–Kier alpha value is -3.62. The van der Waals surface area contributed by atoms with Crippen molar-refractivity contribution in [1.82, 2.24) is 5.32 Å². The third-order valence-electron chi connectivity index (χ3n) is 6.82.